The van der Waals surface area contributed by atoms with E-state index < -0.39 is 16.0 Å². The average Bonchev–Trinajstić information content (AvgIpc) is 3.15. The van der Waals surface area contributed by atoms with E-state index in [9.17, 15) is 13.2 Å². The SMILES string of the molecule is COC(=O)c1ccc(S(=O)(=O)N2CCC(c3cn[nH]c3)CC2)cc1Cl. The summed E-state index contributed by atoms with van der Waals surface area (Å²) in [5.41, 5.74) is 1.24. The van der Waals surface area contributed by atoms with Crippen LogP contribution in [0, 0.1) is 0 Å². The van der Waals surface area contributed by atoms with Crippen molar-refractivity contribution in [3.05, 3.63) is 46.7 Å². The second kappa shape index (κ2) is 7.15. The van der Waals surface area contributed by atoms with Gasteiger partial charge in [0.05, 0.1) is 28.8 Å². The fourth-order valence-corrected chi connectivity index (χ4v) is 4.81. The fraction of sp³-hybridized carbons (Fsp3) is 0.375. The highest BCUT2D eigenvalue weighted by atomic mass is 35.5. The Hall–Kier alpha value is -1.90. The lowest BCUT2D eigenvalue weighted by Crippen LogP contribution is -2.37. The molecule has 0 spiro atoms. The van der Waals surface area contributed by atoms with Gasteiger partial charge < -0.3 is 4.74 Å². The Morgan fingerprint density at radius 1 is 1.36 bits per heavy atom. The highest BCUT2D eigenvalue weighted by Crippen LogP contribution is 2.31. The Bertz CT molecular complexity index is 860. The summed E-state index contributed by atoms with van der Waals surface area (Å²) in [6.45, 7) is 0.850. The molecule has 3 rings (SSSR count). The highest BCUT2D eigenvalue weighted by molar-refractivity contribution is 7.89. The van der Waals surface area contributed by atoms with E-state index in [2.05, 4.69) is 14.9 Å². The maximum Gasteiger partial charge on any atom is 0.339 e. The number of methoxy groups -OCH3 is 1. The van der Waals surface area contributed by atoms with E-state index in [-0.39, 0.29) is 15.5 Å². The van der Waals surface area contributed by atoms with E-state index in [0.717, 1.165) is 18.4 Å². The van der Waals surface area contributed by atoms with Crippen LogP contribution in [-0.4, -0.2) is 49.1 Å². The molecule has 1 saturated heterocycles. The first-order valence-electron chi connectivity index (χ1n) is 7.80. The van der Waals surface area contributed by atoms with E-state index in [1.807, 2.05) is 6.20 Å². The van der Waals surface area contributed by atoms with Crippen molar-refractivity contribution in [2.75, 3.05) is 20.2 Å². The monoisotopic (exact) mass is 383 g/mol. The third-order valence-electron chi connectivity index (χ3n) is 4.43. The molecular weight excluding hydrogens is 366 g/mol. The van der Waals surface area contributed by atoms with Gasteiger partial charge >= 0.3 is 5.97 Å². The van der Waals surface area contributed by atoms with Crippen molar-refractivity contribution in [3.8, 4) is 0 Å². The summed E-state index contributed by atoms with van der Waals surface area (Å²) in [6, 6.07) is 4.06. The number of hydrogen-bond donors (Lipinski definition) is 1. The Kier molecular flexibility index (Phi) is 5.12. The third kappa shape index (κ3) is 3.56. The molecule has 0 aliphatic carbocycles. The van der Waals surface area contributed by atoms with Gasteiger partial charge in [-0.2, -0.15) is 9.40 Å². The van der Waals surface area contributed by atoms with Crippen LogP contribution >= 0.6 is 11.6 Å². The average molecular weight is 384 g/mol. The van der Waals surface area contributed by atoms with Crippen molar-refractivity contribution < 1.29 is 17.9 Å². The predicted molar refractivity (Wildman–Crippen MR) is 92.1 cm³/mol. The number of esters is 1. The molecule has 1 aromatic heterocycles. The molecule has 0 radical (unpaired) electrons. The summed E-state index contributed by atoms with van der Waals surface area (Å²) in [5.74, 6) is -0.301. The van der Waals surface area contributed by atoms with Gasteiger partial charge in [-0.25, -0.2) is 13.2 Å². The van der Waals surface area contributed by atoms with Gasteiger partial charge in [-0.05, 0) is 42.5 Å². The van der Waals surface area contributed by atoms with Gasteiger partial charge in [0.1, 0.15) is 0 Å². The molecule has 0 amide bonds. The zero-order valence-corrected chi connectivity index (χ0v) is 15.2. The minimum absolute atomic E-state index is 0.0567. The number of nitrogens with one attached hydrogen (secondary N) is 1. The molecule has 2 aromatic rings. The van der Waals surface area contributed by atoms with Gasteiger partial charge in [-0.1, -0.05) is 11.6 Å². The zero-order chi connectivity index (χ0) is 18.0. The standard InChI is InChI=1S/C16H18ClN3O4S/c1-24-16(21)14-3-2-13(8-15(14)17)25(22,23)20-6-4-11(5-7-20)12-9-18-19-10-12/h2-3,8-11H,4-7H2,1H3,(H,18,19). The molecule has 1 aliphatic rings. The lowest BCUT2D eigenvalue weighted by molar-refractivity contribution is 0.0601. The van der Waals surface area contributed by atoms with Crippen molar-refractivity contribution in [2.45, 2.75) is 23.7 Å². The second-order valence-electron chi connectivity index (χ2n) is 5.84. The van der Waals surface area contributed by atoms with Crippen LogP contribution in [0.4, 0.5) is 0 Å². The molecule has 7 nitrogen and oxygen atoms in total. The van der Waals surface area contributed by atoms with Gasteiger partial charge in [0, 0.05) is 19.3 Å². The summed E-state index contributed by atoms with van der Waals surface area (Å²) in [4.78, 5) is 11.6. The number of halogens is 1. The van der Waals surface area contributed by atoms with E-state index in [0.29, 0.717) is 19.0 Å². The summed E-state index contributed by atoms with van der Waals surface area (Å²) >= 11 is 6.04. The minimum Gasteiger partial charge on any atom is -0.465 e. The van der Waals surface area contributed by atoms with Gasteiger partial charge in [0.15, 0.2) is 0 Å². The summed E-state index contributed by atoms with van der Waals surface area (Å²) in [7, 11) is -2.41. The molecule has 1 fully saturated rings. The topological polar surface area (TPSA) is 92.4 Å². The lowest BCUT2D eigenvalue weighted by atomic mass is 9.93. The molecule has 25 heavy (non-hydrogen) atoms. The van der Waals surface area contributed by atoms with Crippen LogP contribution in [0.5, 0.6) is 0 Å². The Labute approximate surface area is 151 Å². The van der Waals surface area contributed by atoms with Crippen molar-refractivity contribution in [2.24, 2.45) is 0 Å². The number of aromatic amines is 1. The number of hydrogen-bond acceptors (Lipinski definition) is 5. The summed E-state index contributed by atoms with van der Waals surface area (Å²) in [5, 5.41) is 6.78. The Morgan fingerprint density at radius 2 is 2.08 bits per heavy atom. The third-order valence-corrected chi connectivity index (χ3v) is 6.64. The summed E-state index contributed by atoms with van der Waals surface area (Å²) in [6.07, 6.45) is 5.08. The molecule has 2 heterocycles. The van der Waals surface area contributed by atoms with Gasteiger partial charge in [-0.15, -0.1) is 0 Å². The van der Waals surface area contributed by atoms with Crippen LogP contribution in [0.15, 0.2) is 35.5 Å². The normalized spacial score (nSPS) is 16.7. The number of rotatable bonds is 4. The number of H-pyrrole nitrogens is 1. The number of ether oxygens (including phenoxy) is 1. The number of aromatic nitrogens is 2. The number of carbonyl (C=O) groups is 1. The molecule has 134 valence electrons. The zero-order valence-electron chi connectivity index (χ0n) is 13.6. The Balaban J connectivity index is 1.76. The van der Waals surface area contributed by atoms with Crippen molar-refractivity contribution in [1.82, 2.24) is 14.5 Å². The first kappa shape index (κ1) is 17.9. The quantitative estimate of drug-likeness (QED) is 0.818. The molecule has 1 aliphatic heterocycles. The van der Waals surface area contributed by atoms with E-state index in [1.54, 1.807) is 6.20 Å². The molecular formula is C16H18ClN3O4S. The molecule has 0 bridgehead atoms. The van der Waals surface area contributed by atoms with Crippen LogP contribution in [0.2, 0.25) is 5.02 Å². The van der Waals surface area contributed by atoms with Crippen LogP contribution in [0.1, 0.15) is 34.7 Å². The minimum atomic E-state index is -3.65. The van der Waals surface area contributed by atoms with E-state index >= 15 is 0 Å². The van der Waals surface area contributed by atoms with Crippen molar-refractivity contribution in [1.29, 1.82) is 0 Å². The van der Waals surface area contributed by atoms with Crippen molar-refractivity contribution >= 4 is 27.6 Å². The fourth-order valence-electron chi connectivity index (χ4n) is 2.99. The maximum atomic E-state index is 12.8. The van der Waals surface area contributed by atoms with E-state index in [4.69, 9.17) is 11.6 Å². The number of carbonyl (C=O) groups excluding carboxylic acids is 1. The smallest absolute Gasteiger partial charge is 0.339 e. The predicted octanol–water partition coefficient (Wildman–Crippen LogP) is 2.42. The molecule has 1 aromatic carbocycles. The maximum absolute atomic E-state index is 12.8. The van der Waals surface area contributed by atoms with Gasteiger partial charge in [0.25, 0.3) is 0 Å². The summed E-state index contributed by atoms with van der Waals surface area (Å²) < 4.78 is 31.7. The second-order valence-corrected chi connectivity index (χ2v) is 8.19. The van der Waals surface area contributed by atoms with Crippen LogP contribution in [0.25, 0.3) is 0 Å². The molecule has 0 atom stereocenters. The largest absolute Gasteiger partial charge is 0.465 e. The molecule has 9 heteroatoms. The molecule has 0 saturated carbocycles. The number of piperidine rings is 1. The van der Waals surface area contributed by atoms with Gasteiger partial charge in [-0.3, -0.25) is 5.10 Å². The van der Waals surface area contributed by atoms with Gasteiger partial charge in [0.2, 0.25) is 10.0 Å². The van der Waals surface area contributed by atoms with E-state index in [1.165, 1.54) is 29.6 Å². The highest BCUT2D eigenvalue weighted by Gasteiger charge is 2.30. The van der Waals surface area contributed by atoms with Crippen LogP contribution in [-0.2, 0) is 14.8 Å². The number of benzene rings is 1. The molecule has 0 unspecified atom stereocenters. The van der Waals surface area contributed by atoms with Crippen LogP contribution in [0.3, 0.4) is 0 Å². The van der Waals surface area contributed by atoms with Crippen molar-refractivity contribution in [3.63, 3.8) is 0 Å². The first-order chi connectivity index (χ1) is 11.9. The van der Waals surface area contributed by atoms with Crippen LogP contribution < -0.4 is 0 Å². The Morgan fingerprint density at radius 3 is 2.64 bits per heavy atom. The molecule has 1 N–H and O–H groups in total. The first-order valence-corrected chi connectivity index (χ1v) is 9.62. The number of nitrogens with zero attached hydrogens (tertiary/aromatic N) is 2. The lowest BCUT2D eigenvalue weighted by Gasteiger charge is -2.30. The number of sulfonamides is 1.